The van der Waals surface area contributed by atoms with Crippen LogP contribution < -0.4 is 4.74 Å². The Morgan fingerprint density at radius 2 is 1.76 bits per heavy atom. The van der Waals surface area contributed by atoms with Gasteiger partial charge in [-0.25, -0.2) is 0 Å². The van der Waals surface area contributed by atoms with Crippen LogP contribution in [0.25, 0.3) is 5.57 Å². The predicted molar refractivity (Wildman–Crippen MR) is 118 cm³/mol. The number of aliphatic hydroxyl groups is 1. The van der Waals surface area contributed by atoms with Gasteiger partial charge in [-0.05, 0) is 67.2 Å². The van der Waals surface area contributed by atoms with Crippen LogP contribution in [-0.4, -0.2) is 20.9 Å². The van der Waals surface area contributed by atoms with Crippen molar-refractivity contribution in [3.05, 3.63) is 71.8 Å². The molecule has 2 aromatic carbocycles. The maximum Gasteiger partial charge on any atom is 0.157 e. The van der Waals surface area contributed by atoms with E-state index in [0.717, 1.165) is 28.9 Å². The minimum absolute atomic E-state index is 0.147. The average Bonchev–Trinajstić information content (AvgIpc) is 2.73. The third-order valence-electron chi connectivity index (χ3n) is 5.30. The number of benzene rings is 2. The van der Waals surface area contributed by atoms with Crippen LogP contribution in [0.5, 0.6) is 17.2 Å². The highest BCUT2D eigenvalue weighted by atomic mass is 16.5. The van der Waals surface area contributed by atoms with E-state index in [1.165, 1.54) is 12.1 Å². The maximum atomic E-state index is 10.4. The molecule has 0 bridgehead atoms. The van der Waals surface area contributed by atoms with Gasteiger partial charge in [0.25, 0.3) is 0 Å². The first-order chi connectivity index (χ1) is 13.8. The first-order valence-electron chi connectivity index (χ1n) is 10.2. The second kappa shape index (κ2) is 10.2. The van der Waals surface area contributed by atoms with Gasteiger partial charge in [-0.2, -0.15) is 0 Å². The summed E-state index contributed by atoms with van der Waals surface area (Å²) in [5.74, 6) is 0.421. The Bertz CT molecular complexity index is 863. The van der Waals surface area contributed by atoms with Gasteiger partial charge in [0, 0.05) is 0 Å². The smallest absolute Gasteiger partial charge is 0.157 e. The SMILES string of the molecule is CCC(=CC=CC(O)(CC)CC)c1cccc(OC(C)c2ccc(O)c(O)c2)c1. The molecule has 3 N–H and O–H groups in total. The Kier molecular flexibility index (Phi) is 7.91. The van der Waals surface area contributed by atoms with Crippen molar-refractivity contribution in [1.82, 2.24) is 0 Å². The lowest BCUT2D eigenvalue weighted by molar-refractivity contribution is 0.0828. The molecule has 2 rings (SSSR count). The lowest BCUT2D eigenvalue weighted by atomic mass is 9.96. The average molecular weight is 397 g/mol. The second-order valence-corrected chi connectivity index (χ2v) is 7.25. The Morgan fingerprint density at radius 1 is 1.03 bits per heavy atom. The van der Waals surface area contributed by atoms with Crippen LogP contribution in [-0.2, 0) is 0 Å². The molecule has 0 saturated carbocycles. The first kappa shape index (κ1) is 22.6. The molecule has 0 aliphatic carbocycles. The fraction of sp³-hybridized carbons (Fsp3) is 0.360. The van der Waals surface area contributed by atoms with Crippen LogP contribution in [0, 0.1) is 0 Å². The zero-order chi connectivity index (χ0) is 21.4. The van der Waals surface area contributed by atoms with Crippen molar-refractivity contribution in [2.75, 3.05) is 0 Å². The number of phenolic OH excluding ortho intramolecular Hbond substituents is 2. The largest absolute Gasteiger partial charge is 0.504 e. The van der Waals surface area contributed by atoms with Crippen LogP contribution in [0.15, 0.2) is 60.7 Å². The minimum Gasteiger partial charge on any atom is -0.504 e. The molecule has 0 fully saturated rings. The van der Waals surface area contributed by atoms with E-state index >= 15 is 0 Å². The highest BCUT2D eigenvalue weighted by Crippen LogP contribution is 2.31. The number of ether oxygens (including phenoxy) is 1. The summed E-state index contributed by atoms with van der Waals surface area (Å²) in [5.41, 5.74) is 2.23. The van der Waals surface area contributed by atoms with Gasteiger partial charge in [-0.3, -0.25) is 0 Å². The molecule has 2 aromatic rings. The normalized spacial score (nSPS) is 13.6. The fourth-order valence-electron chi connectivity index (χ4n) is 3.08. The summed E-state index contributed by atoms with van der Waals surface area (Å²) in [4.78, 5) is 0. The molecule has 0 heterocycles. The van der Waals surface area contributed by atoms with Gasteiger partial charge in [0.05, 0.1) is 5.60 Å². The Labute approximate surface area is 173 Å². The van der Waals surface area contributed by atoms with Crippen LogP contribution in [0.2, 0.25) is 0 Å². The van der Waals surface area contributed by atoms with E-state index in [4.69, 9.17) is 4.74 Å². The van der Waals surface area contributed by atoms with E-state index < -0.39 is 5.60 Å². The third kappa shape index (κ3) is 6.13. The summed E-state index contributed by atoms with van der Waals surface area (Å²) in [6, 6.07) is 12.6. The van der Waals surface area contributed by atoms with Gasteiger partial charge in [-0.15, -0.1) is 0 Å². The lowest BCUT2D eigenvalue weighted by Gasteiger charge is -2.20. The van der Waals surface area contributed by atoms with Crippen molar-refractivity contribution < 1.29 is 20.1 Å². The molecule has 0 aromatic heterocycles. The quantitative estimate of drug-likeness (QED) is 0.352. The van der Waals surface area contributed by atoms with Crippen molar-refractivity contribution in [3.63, 3.8) is 0 Å². The van der Waals surface area contributed by atoms with Gasteiger partial charge in [0.15, 0.2) is 11.5 Å². The summed E-state index contributed by atoms with van der Waals surface area (Å²) in [5, 5.41) is 29.6. The van der Waals surface area contributed by atoms with Crippen molar-refractivity contribution in [3.8, 4) is 17.2 Å². The van der Waals surface area contributed by atoms with E-state index in [1.54, 1.807) is 6.07 Å². The van der Waals surface area contributed by atoms with Crippen LogP contribution in [0.4, 0.5) is 0 Å². The van der Waals surface area contributed by atoms with E-state index in [1.807, 2.05) is 63.3 Å². The molecule has 4 heteroatoms. The molecular weight excluding hydrogens is 364 g/mol. The Hall–Kier alpha value is -2.72. The van der Waals surface area contributed by atoms with Crippen LogP contribution in [0.1, 0.15) is 64.2 Å². The number of rotatable bonds is 9. The monoisotopic (exact) mass is 396 g/mol. The van der Waals surface area contributed by atoms with E-state index in [-0.39, 0.29) is 17.6 Å². The van der Waals surface area contributed by atoms with Gasteiger partial charge in [0.2, 0.25) is 0 Å². The topological polar surface area (TPSA) is 69.9 Å². The first-order valence-corrected chi connectivity index (χ1v) is 10.2. The zero-order valence-corrected chi connectivity index (χ0v) is 17.7. The number of aromatic hydroxyl groups is 2. The van der Waals surface area contributed by atoms with Gasteiger partial charge in [0.1, 0.15) is 11.9 Å². The summed E-state index contributed by atoms with van der Waals surface area (Å²) < 4.78 is 6.05. The summed E-state index contributed by atoms with van der Waals surface area (Å²) in [6.45, 7) is 7.96. The predicted octanol–water partition coefficient (Wildman–Crippen LogP) is 6.14. The Morgan fingerprint density at radius 3 is 2.38 bits per heavy atom. The summed E-state index contributed by atoms with van der Waals surface area (Å²) in [6.07, 6.45) is 7.77. The molecule has 1 atom stereocenters. The van der Waals surface area contributed by atoms with Crippen molar-refractivity contribution in [2.45, 2.75) is 58.7 Å². The van der Waals surface area contributed by atoms with Crippen molar-refractivity contribution in [1.29, 1.82) is 0 Å². The van der Waals surface area contributed by atoms with Crippen molar-refractivity contribution in [2.24, 2.45) is 0 Å². The lowest BCUT2D eigenvalue weighted by Crippen LogP contribution is -2.22. The minimum atomic E-state index is -0.759. The highest BCUT2D eigenvalue weighted by molar-refractivity contribution is 5.68. The molecular formula is C25H32O4. The fourth-order valence-corrected chi connectivity index (χ4v) is 3.08. The van der Waals surface area contributed by atoms with Gasteiger partial charge >= 0.3 is 0 Å². The Balaban J connectivity index is 2.19. The third-order valence-corrected chi connectivity index (χ3v) is 5.30. The molecule has 0 saturated heterocycles. The number of hydrogen-bond acceptors (Lipinski definition) is 4. The summed E-state index contributed by atoms with van der Waals surface area (Å²) >= 11 is 0. The molecule has 156 valence electrons. The molecule has 0 amide bonds. The zero-order valence-electron chi connectivity index (χ0n) is 17.7. The summed E-state index contributed by atoms with van der Waals surface area (Å²) in [7, 11) is 0. The molecule has 0 radical (unpaired) electrons. The molecule has 0 aliphatic heterocycles. The van der Waals surface area contributed by atoms with E-state index in [2.05, 4.69) is 6.92 Å². The van der Waals surface area contributed by atoms with Crippen LogP contribution >= 0.6 is 0 Å². The number of hydrogen-bond donors (Lipinski definition) is 3. The highest BCUT2D eigenvalue weighted by Gasteiger charge is 2.17. The standard InChI is InChI=1S/C25H32O4/c1-5-19(11-9-15-25(28,6-2)7-3)21-10-8-12-22(16-21)29-18(4)20-13-14-23(26)24(27)17-20/h8-18,26-28H,5-7H2,1-4H3. The number of phenols is 2. The van der Waals surface area contributed by atoms with Crippen molar-refractivity contribution >= 4 is 5.57 Å². The molecule has 0 aliphatic rings. The van der Waals surface area contributed by atoms with Gasteiger partial charge in [-0.1, -0.05) is 57.2 Å². The molecule has 0 spiro atoms. The molecule has 1 unspecified atom stereocenters. The van der Waals surface area contributed by atoms with E-state index in [9.17, 15) is 15.3 Å². The molecule has 29 heavy (non-hydrogen) atoms. The second-order valence-electron chi connectivity index (χ2n) is 7.25. The van der Waals surface area contributed by atoms with Crippen LogP contribution in [0.3, 0.4) is 0 Å². The molecule has 4 nitrogen and oxygen atoms in total. The maximum absolute atomic E-state index is 10.4. The van der Waals surface area contributed by atoms with E-state index in [0.29, 0.717) is 12.8 Å². The number of allylic oxidation sites excluding steroid dienone is 3. The van der Waals surface area contributed by atoms with Gasteiger partial charge < -0.3 is 20.1 Å².